The van der Waals surface area contributed by atoms with Crippen LogP contribution in [0, 0.1) is 0 Å². The summed E-state index contributed by atoms with van der Waals surface area (Å²) >= 11 is 0. The van der Waals surface area contributed by atoms with Crippen LogP contribution in [0.15, 0.2) is 125 Å². The number of hydrogen-bond acceptors (Lipinski definition) is 4. The largest absolute Gasteiger partial charge is 0.436 e. The van der Waals surface area contributed by atoms with Crippen LogP contribution in [-0.2, 0) is 5.41 Å². The summed E-state index contributed by atoms with van der Waals surface area (Å²) in [5.41, 5.74) is 8.51. The van der Waals surface area contributed by atoms with Gasteiger partial charge in [-0.2, -0.15) is 0 Å². The highest BCUT2D eigenvalue weighted by molar-refractivity contribution is 6.03. The van der Waals surface area contributed by atoms with Gasteiger partial charge >= 0.3 is 0 Å². The molecule has 0 amide bonds. The predicted octanol–water partition coefficient (Wildman–Crippen LogP) is 9.91. The van der Waals surface area contributed by atoms with Crippen LogP contribution >= 0.6 is 0 Å². The lowest BCUT2D eigenvalue weighted by Crippen LogP contribution is -2.11. The monoisotopic (exact) mass is 531 g/mol. The highest BCUT2D eigenvalue weighted by Crippen LogP contribution is 2.40. The van der Waals surface area contributed by atoms with Crippen LogP contribution in [0.1, 0.15) is 31.9 Å². The Labute approximate surface area is 239 Å². The van der Waals surface area contributed by atoms with Crippen molar-refractivity contribution in [1.29, 1.82) is 0 Å². The van der Waals surface area contributed by atoms with E-state index in [9.17, 15) is 0 Å². The number of hydrogen-bond donors (Lipinski definition) is 0. The van der Waals surface area contributed by atoms with Gasteiger partial charge in [-0.3, -0.25) is 9.98 Å². The molecule has 5 aromatic carbocycles. The van der Waals surface area contributed by atoms with Crippen molar-refractivity contribution < 1.29 is 4.42 Å². The lowest BCUT2D eigenvalue weighted by molar-refractivity contribution is 0.584. The minimum absolute atomic E-state index is 0.0701. The van der Waals surface area contributed by atoms with Gasteiger partial charge in [-0.05, 0) is 63.7 Å². The molecular formula is C37H29N3O. The zero-order valence-electron chi connectivity index (χ0n) is 23.3. The summed E-state index contributed by atoms with van der Waals surface area (Å²) in [5.74, 6) is 0.552. The SMILES string of the molecule is CC(C)(C)c1cc(-c2cccc3ncccc23)c2nc(-c3ccccc3N=Cc3cccc4ccccc34)oc2c1. The average molecular weight is 532 g/mol. The molecule has 0 radical (unpaired) electrons. The van der Waals surface area contributed by atoms with Crippen LogP contribution in [0.3, 0.4) is 0 Å². The van der Waals surface area contributed by atoms with E-state index in [1.54, 1.807) is 0 Å². The third-order valence-corrected chi connectivity index (χ3v) is 7.60. The molecule has 2 heterocycles. The molecule has 0 spiro atoms. The number of benzene rings is 5. The molecule has 0 unspecified atom stereocenters. The summed E-state index contributed by atoms with van der Waals surface area (Å²) in [6, 6.07) is 37.4. The Bertz CT molecular complexity index is 2090. The molecule has 0 N–H and O–H groups in total. The topological polar surface area (TPSA) is 51.3 Å². The van der Waals surface area contributed by atoms with Gasteiger partial charge in [0.2, 0.25) is 5.89 Å². The van der Waals surface area contributed by atoms with Gasteiger partial charge in [0.25, 0.3) is 0 Å². The van der Waals surface area contributed by atoms with Gasteiger partial charge in [0.05, 0.1) is 16.8 Å². The third kappa shape index (κ3) is 4.57. The molecule has 0 fully saturated rings. The first-order valence-electron chi connectivity index (χ1n) is 13.9. The molecule has 4 nitrogen and oxygen atoms in total. The van der Waals surface area contributed by atoms with Gasteiger partial charge in [0, 0.05) is 28.9 Å². The summed E-state index contributed by atoms with van der Waals surface area (Å²) in [6.45, 7) is 6.66. The van der Waals surface area contributed by atoms with Crippen LogP contribution < -0.4 is 0 Å². The van der Waals surface area contributed by atoms with E-state index in [1.165, 1.54) is 16.3 Å². The van der Waals surface area contributed by atoms with Crippen molar-refractivity contribution in [2.45, 2.75) is 26.2 Å². The normalized spacial score (nSPS) is 12.2. The van der Waals surface area contributed by atoms with E-state index in [1.807, 2.05) is 48.8 Å². The molecule has 2 aromatic heterocycles. The zero-order chi connectivity index (χ0) is 28.0. The molecule has 0 saturated heterocycles. The number of aliphatic imine (C=N–C) groups is 1. The van der Waals surface area contributed by atoms with Gasteiger partial charge in [0.15, 0.2) is 5.58 Å². The number of oxazole rings is 1. The number of nitrogens with zero attached hydrogens (tertiary/aromatic N) is 3. The molecule has 0 aliphatic carbocycles. The van der Waals surface area contributed by atoms with E-state index in [0.29, 0.717) is 5.89 Å². The van der Waals surface area contributed by atoms with Crippen molar-refractivity contribution in [2.75, 3.05) is 0 Å². The molecule has 0 aliphatic rings. The van der Waals surface area contributed by atoms with Crippen molar-refractivity contribution in [3.8, 4) is 22.6 Å². The summed E-state index contributed by atoms with van der Waals surface area (Å²) < 4.78 is 6.53. The second-order valence-electron chi connectivity index (χ2n) is 11.4. The fourth-order valence-electron chi connectivity index (χ4n) is 5.39. The fourth-order valence-corrected chi connectivity index (χ4v) is 5.39. The van der Waals surface area contributed by atoms with Gasteiger partial charge in [0.1, 0.15) is 5.52 Å². The number of fused-ring (bicyclic) bond motifs is 3. The van der Waals surface area contributed by atoms with Crippen LogP contribution in [-0.4, -0.2) is 16.2 Å². The molecule has 4 heteroatoms. The van der Waals surface area contributed by atoms with E-state index in [4.69, 9.17) is 14.4 Å². The Morgan fingerprint density at radius 2 is 1.46 bits per heavy atom. The highest BCUT2D eigenvalue weighted by atomic mass is 16.3. The molecule has 0 aliphatic heterocycles. The molecule has 41 heavy (non-hydrogen) atoms. The van der Waals surface area contributed by atoms with Crippen molar-refractivity contribution in [1.82, 2.24) is 9.97 Å². The summed E-state index contributed by atoms with van der Waals surface area (Å²) in [7, 11) is 0. The zero-order valence-corrected chi connectivity index (χ0v) is 23.3. The summed E-state index contributed by atoms with van der Waals surface area (Å²) in [6.07, 6.45) is 3.76. The number of aromatic nitrogens is 2. The van der Waals surface area contributed by atoms with Crippen molar-refractivity contribution >= 4 is 44.7 Å². The van der Waals surface area contributed by atoms with Gasteiger partial charge in [-0.15, -0.1) is 0 Å². The average Bonchev–Trinajstić information content (AvgIpc) is 3.43. The van der Waals surface area contributed by atoms with Gasteiger partial charge in [-0.25, -0.2) is 4.98 Å². The standard InChI is InChI=1S/C37H29N3O/c1-37(2,3)26-21-31(28-16-9-19-32-29(28)17-10-20-38-32)35-34(22-26)41-36(40-35)30-15-6-7-18-33(30)39-23-25-13-8-12-24-11-4-5-14-27(24)25/h4-23H,1-3H3. The van der Waals surface area contributed by atoms with E-state index in [0.717, 1.165) is 49.9 Å². The van der Waals surface area contributed by atoms with Crippen molar-refractivity contribution in [3.05, 3.63) is 127 Å². The summed E-state index contributed by atoms with van der Waals surface area (Å²) in [4.78, 5) is 14.6. The number of para-hydroxylation sites is 1. The maximum atomic E-state index is 6.53. The fraction of sp³-hybridized carbons (Fsp3) is 0.108. The predicted molar refractivity (Wildman–Crippen MR) is 170 cm³/mol. The maximum Gasteiger partial charge on any atom is 0.229 e. The third-order valence-electron chi connectivity index (χ3n) is 7.60. The maximum absolute atomic E-state index is 6.53. The van der Waals surface area contributed by atoms with E-state index in [-0.39, 0.29) is 5.41 Å². The first kappa shape index (κ1) is 24.9. The van der Waals surface area contributed by atoms with E-state index >= 15 is 0 Å². The van der Waals surface area contributed by atoms with Crippen molar-refractivity contribution in [2.24, 2.45) is 4.99 Å². The van der Waals surface area contributed by atoms with Gasteiger partial charge in [-0.1, -0.05) is 93.6 Å². The molecule has 0 bridgehead atoms. The number of rotatable bonds is 4. The second kappa shape index (κ2) is 9.83. The Morgan fingerprint density at radius 1 is 0.707 bits per heavy atom. The molecule has 7 rings (SSSR count). The number of pyridine rings is 1. The van der Waals surface area contributed by atoms with E-state index in [2.05, 4.69) is 98.6 Å². The van der Waals surface area contributed by atoms with Crippen molar-refractivity contribution in [3.63, 3.8) is 0 Å². The molecule has 7 aromatic rings. The lowest BCUT2D eigenvalue weighted by atomic mass is 9.84. The molecule has 198 valence electrons. The van der Waals surface area contributed by atoms with Crippen LogP contribution in [0.25, 0.3) is 55.4 Å². The molecule has 0 atom stereocenters. The quantitative estimate of drug-likeness (QED) is 0.212. The van der Waals surface area contributed by atoms with Crippen LogP contribution in [0.4, 0.5) is 5.69 Å². The molecular weight excluding hydrogens is 502 g/mol. The Kier molecular flexibility index (Phi) is 5.97. The minimum atomic E-state index is -0.0701. The van der Waals surface area contributed by atoms with Crippen LogP contribution in [0.5, 0.6) is 0 Å². The van der Waals surface area contributed by atoms with Gasteiger partial charge < -0.3 is 4.42 Å². The first-order valence-corrected chi connectivity index (χ1v) is 13.9. The highest BCUT2D eigenvalue weighted by Gasteiger charge is 2.22. The van der Waals surface area contributed by atoms with Crippen LogP contribution in [0.2, 0.25) is 0 Å². The van der Waals surface area contributed by atoms with E-state index < -0.39 is 0 Å². The first-order chi connectivity index (χ1) is 20.0. The Morgan fingerprint density at radius 3 is 2.37 bits per heavy atom. The molecule has 0 saturated carbocycles. The minimum Gasteiger partial charge on any atom is -0.436 e. The smallest absolute Gasteiger partial charge is 0.229 e. The second-order valence-corrected chi connectivity index (χ2v) is 11.4. The lowest BCUT2D eigenvalue weighted by Gasteiger charge is -2.20. The Balaban J connectivity index is 1.40. The Hall–Kier alpha value is -5.09. The summed E-state index contributed by atoms with van der Waals surface area (Å²) in [5, 5.41) is 3.45.